The highest BCUT2D eigenvalue weighted by atomic mass is 36.0. The number of aromatic nitrogens is 8. The Hall–Kier alpha value is -4.43. The predicted octanol–water partition coefficient (Wildman–Crippen LogP) is 7.98. The SMILES string of the molecule is Cc1cnc(-c2ccc(F)cc2F)c(C)n1.Cc1cnc(Cl)c(C)n1.Cc1cnc(Cl)c(C)n1.Cc1cncc(C)n1.O=S(=O)(Cl)Cl.OB(O)c1ccc(F)cc1F. The number of halogens is 8. The van der Waals surface area contributed by atoms with Gasteiger partial charge in [-0.25, -0.2) is 27.5 Å². The summed E-state index contributed by atoms with van der Waals surface area (Å²) in [7, 11) is 2.92. The van der Waals surface area contributed by atoms with Crippen molar-refractivity contribution < 1.29 is 36.0 Å². The lowest BCUT2D eigenvalue weighted by atomic mass is 9.80. The van der Waals surface area contributed by atoms with Gasteiger partial charge in [0, 0.05) is 75.5 Å². The van der Waals surface area contributed by atoms with Gasteiger partial charge in [0.05, 0.1) is 51.2 Å². The number of benzene rings is 2. The number of hydrogen-bond acceptors (Lipinski definition) is 12. The Morgan fingerprint density at radius 1 is 0.552 bits per heavy atom. The molecule has 0 saturated carbocycles. The van der Waals surface area contributed by atoms with Gasteiger partial charge in [-0.1, -0.05) is 29.3 Å². The van der Waals surface area contributed by atoms with Gasteiger partial charge in [-0.3, -0.25) is 29.9 Å². The quantitative estimate of drug-likeness (QED) is 0.0975. The fourth-order valence-electron chi connectivity index (χ4n) is 4.01. The molecule has 0 fully saturated rings. The zero-order valence-electron chi connectivity index (χ0n) is 32.1. The maximum atomic E-state index is 13.5. The van der Waals surface area contributed by atoms with E-state index in [1.54, 1.807) is 37.9 Å². The first-order chi connectivity index (χ1) is 26.9. The zero-order chi connectivity index (χ0) is 44.3. The average molecular weight is 906 g/mol. The maximum Gasteiger partial charge on any atom is 0.491 e. The normalized spacial score (nSPS) is 10.0. The molecule has 310 valence electrons. The third kappa shape index (κ3) is 21.4. The molecule has 2 N–H and O–H groups in total. The smallest absolute Gasteiger partial charge is 0.423 e. The molecule has 0 bridgehead atoms. The van der Waals surface area contributed by atoms with Crippen LogP contribution < -0.4 is 5.46 Å². The molecule has 2 aromatic carbocycles. The van der Waals surface area contributed by atoms with Crippen molar-refractivity contribution in [3.05, 3.63) is 147 Å². The van der Waals surface area contributed by atoms with E-state index in [4.69, 9.17) is 41.7 Å². The second-order valence-electron chi connectivity index (χ2n) is 11.6. The first-order valence-corrected chi connectivity index (χ1v) is 20.1. The minimum Gasteiger partial charge on any atom is -0.423 e. The maximum absolute atomic E-state index is 13.5. The van der Waals surface area contributed by atoms with Crippen LogP contribution in [-0.2, 0) is 8.26 Å². The van der Waals surface area contributed by atoms with Crippen LogP contribution in [0.25, 0.3) is 11.3 Å². The molecule has 0 spiro atoms. The monoisotopic (exact) mass is 904 g/mol. The fourth-order valence-corrected chi connectivity index (χ4v) is 4.19. The van der Waals surface area contributed by atoms with Gasteiger partial charge in [0.2, 0.25) is 0 Å². The lowest BCUT2D eigenvalue weighted by molar-refractivity contribution is 0.422. The summed E-state index contributed by atoms with van der Waals surface area (Å²) in [6.07, 6.45) is 8.34. The van der Waals surface area contributed by atoms with Gasteiger partial charge < -0.3 is 10.0 Å². The van der Waals surface area contributed by atoms with Gasteiger partial charge in [-0.05, 0) is 73.6 Å². The average Bonchev–Trinajstić information content (AvgIpc) is 3.09. The standard InChI is InChI=1S/C12H10F2N2.C6H5BF2O2.2C6H7ClN2.C6H8N2.Cl2O2S/c1-7-6-15-12(8(2)16-7)10-4-3-9(13)5-11(10)14;8-4-1-2-5(7(10)11)6(9)3-4;2*1-4-3-8-6(7)5(2)9-4;1-5-3-7-4-6(2)8-5;1-5(2,3)4/h3-6H,1-2H3;1-3,10-11H;2*3H,1-2H3;3-4H,1-2H3;. The highest BCUT2D eigenvalue weighted by molar-refractivity contribution is 8.31. The Labute approximate surface area is 352 Å². The third-order valence-electron chi connectivity index (χ3n) is 6.38. The van der Waals surface area contributed by atoms with Crippen molar-refractivity contribution in [2.24, 2.45) is 0 Å². The third-order valence-corrected chi connectivity index (χ3v) is 7.13. The molecule has 6 rings (SSSR count). The van der Waals surface area contributed by atoms with Crippen molar-refractivity contribution in [1.29, 1.82) is 0 Å². The van der Waals surface area contributed by atoms with Gasteiger partial charge in [0.15, 0.2) is 0 Å². The lowest BCUT2D eigenvalue weighted by Crippen LogP contribution is -2.32. The highest BCUT2D eigenvalue weighted by Gasteiger charge is 2.16. The first kappa shape index (κ1) is 51.6. The molecule has 4 aromatic heterocycles. The van der Waals surface area contributed by atoms with E-state index in [1.165, 1.54) is 12.1 Å². The number of aryl methyl sites for hydroxylation is 8. The Kier molecular flexibility index (Phi) is 22.4. The molecule has 4 heterocycles. The van der Waals surface area contributed by atoms with Crippen LogP contribution in [0.2, 0.25) is 10.3 Å². The van der Waals surface area contributed by atoms with Gasteiger partial charge in [-0.15, -0.1) is 0 Å². The Morgan fingerprint density at radius 3 is 1.26 bits per heavy atom. The van der Waals surface area contributed by atoms with Crippen molar-refractivity contribution in [1.82, 2.24) is 39.9 Å². The number of rotatable bonds is 2. The largest absolute Gasteiger partial charge is 0.491 e. The summed E-state index contributed by atoms with van der Waals surface area (Å²) in [5.74, 6) is -2.92. The van der Waals surface area contributed by atoms with Gasteiger partial charge in [0.25, 0.3) is 0 Å². The summed E-state index contributed by atoms with van der Waals surface area (Å²) in [5, 5.41) is 18.0. The predicted molar refractivity (Wildman–Crippen MR) is 218 cm³/mol. The molecular formula is C36H37BCl4F4N8O4S. The molecule has 0 aliphatic rings. The zero-order valence-corrected chi connectivity index (χ0v) is 36.0. The Bertz CT molecular complexity index is 2250. The van der Waals surface area contributed by atoms with E-state index in [1.807, 2.05) is 48.5 Å². The Balaban J connectivity index is 0.000000360. The Morgan fingerprint density at radius 2 is 0.931 bits per heavy atom. The summed E-state index contributed by atoms with van der Waals surface area (Å²) in [5.41, 5.74) is 7.12. The molecule has 0 radical (unpaired) electrons. The second kappa shape index (κ2) is 25.1. The van der Waals surface area contributed by atoms with Crippen LogP contribution in [0.3, 0.4) is 0 Å². The molecule has 0 aliphatic heterocycles. The summed E-state index contributed by atoms with van der Waals surface area (Å²) in [6.45, 7) is 14.9. The highest BCUT2D eigenvalue weighted by Crippen LogP contribution is 2.23. The summed E-state index contributed by atoms with van der Waals surface area (Å²) < 4.78 is 69.3. The van der Waals surface area contributed by atoms with Gasteiger partial charge in [-0.2, -0.15) is 8.42 Å². The number of nitrogens with zero attached hydrogens (tertiary/aromatic N) is 8. The molecule has 58 heavy (non-hydrogen) atoms. The summed E-state index contributed by atoms with van der Waals surface area (Å²) in [6, 6.07) is 5.95. The molecule has 0 atom stereocenters. The molecular weight excluding hydrogens is 869 g/mol. The van der Waals surface area contributed by atoms with Crippen LogP contribution in [0.1, 0.15) is 45.6 Å². The van der Waals surface area contributed by atoms with E-state index in [-0.39, 0.29) is 11.0 Å². The second-order valence-corrected chi connectivity index (χ2v) is 15.9. The van der Waals surface area contributed by atoms with E-state index in [9.17, 15) is 17.6 Å². The molecule has 22 heteroatoms. The van der Waals surface area contributed by atoms with Crippen molar-refractivity contribution >= 4 is 65.4 Å². The molecule has 0 aliphatic carbocycles. The van der Waals surface area contributed by atoms with Crippen molar-refractivity contribution in [3.8, 4) is 11.3 Å². The van der Waals surface area contributed by atoms with Crippen molar-refractivity contribution in [3.63, 3.8) is 0 Å². The minimum atomic E-state index is -3.72. The number of hydrogen-bond donors (Lipinski definition) is 2. The van der Waals surface area contributed by atoms with E-state index >= 15 is 0 Å². The molecule has 0 unspecified atom stereocenters. The van der Waals surface area contributed by atoms with Crippen LogP contribution >= 0.6 is 44.6 Å². The van der Waals surface area contributed by atoms with Gasteiger partial charge in [0.1, 0.15) is 33.6 Å². The van der Waals surface area contributed by atoms with E-state index in [0.29, 0.717) is 27.8 Å². The van der Waals surface area contributed by atoms with Crippen molar-refractivity contribution in [2.75, 3.05) is 0 Å². The van der Waals surface area contributed by atoms with Gasteiger partial charge >= 0.3 is 15.4 Å². The topological polar surface area (TPSA) is 178 Å². The lowest BCUT2D eigenvalue weighted by Gasteiger charge is -2.06. The van der Waals surface area contributed by atoms with E-state index in [0.717, 1.165) is 58.1 Å². The molecule has 0 saturated heterocycles. The fraction of sp³-hybridized carbons (Fsp3) is 0.222. The molecule has 6 aromatic rings. The van der Waals surface area contributed by atoms with Crippen LogP contribution in [0.4, 0.5) is 17.6 Å². The van der Waals surface area contributed by atoms with Crippen LogP contribution in [0, 0.1) is 78.7 Å². The van der Waals surface area contributed by atoms with Crippen LogP contribution in [0.15, 0.2) is 67.4 Å². The molecule has 0 amide bonds. The van der Waals surface area contributed by atoms with Crippen LogP contribution in [-0.4, -0.2) is 65.5 Å². The molecule has 12 nitrogen and oxygen atoms in total. The summed E-state index contributed by atoms with van der Waals surface area (Å²) >= 11 is 11.2. The van der Waals surface area contributed by atoms with Crippen LogP contribution in [0.5, 0.6) is 0 Å². The van der Waals surface area contributed by atoms with E-state index < -0.39 is 38.7 Å². The minimum absolute atomic E-state index is 0.270. The van der Waals surface area contributed by atoms with E-state index in [2.05, 4.69) is 61.2 Å². The summed E-state index contributed by atoms with van der Waals surface area (Å²) in [4.78, 5) is 32.3. The van der Waals surface area contributed by atoms with Crippen molar-refractivity contribution in [2.45, 2.75) is 55.4 Å². The first-order valence-electron chi connectivity index (χ1n) is 16.3.